The zero-order valence-electron chi connectivity index (χ0n) is 12.5. The van der Waals surface area contributed by atoms with E-state index < -0.39 is 8.32 Å². The smallest absolute Gasteiger partial charge is 0.184 e. The molecular weight excluding hydrogens is 236 g/mol. The van der Waals surface area contributed by atoms with Crippen LogP contribution in [0.15, 0.2) is 36.4 Å². The molecule has 100 valence electrons. The molecule has 0 aromatic heterocycles. The Balaban J connectivity index is 2.83. The highest BCUT2D eigenvalue weighted by atomic mass is 28.4. The number of hydrogen-bond acceptors (Lipinski definition) is 1. The Hall–Kier alpha value is -0.863. The summed E-state index contributed by atoms with van der Waals surface area (Å²) in [5.74, 6) is 0. The van der Waals surface area contributed by atoms with Crippen molar-refractivity contribution in [3.05, 3.63) is 42.0 Å². The highest BCUT2D eigenvalue weighted by Crippen LogP contribution is 2.27. The molecule has 1 unspecified atom stereocenters. The Labute approximate surface area is 113 Å². The maximum absolute atomic E-state index is 6.28. The molecule has 0 saturated carbocycles. The van der Waals surface area contributed by atoms with Crippen LogP contribution in [0.3, 0.4) is 0 Å². The summed E-state index contributed by atoms with van der Waals surface area (Å²) >= 11 is 0. The molecule has 0 aliphatic rings. The van der Waals surface area contributed by atoms with Crippen LogP contribution >= 0.6 is 0 Å². The molecule has 2 heteroatoms. The van der Waals surface area contributed by atoms with Gasteiger partial charge >= 0.3 is 0 Å². The fourth-order valence-corrected chi connectivity index (χ4v) is 2.84. The van der Waals surface area contributed by atoms with Crippen LogP contribution in [-0.4, -0.2) is 14.4 Å². The van der Waals surface area contributed by atoms with E-state index in [0.717, 1.165) is 0 Å². The molecule has 1 nitrogen and oxygen atoms in total. The summed E-state index contributed by atoms with van der Waals surface area (Å²) in [6.07, 6.45) is 4.54. The molecule has 0 aliphatic carbocycles. The molecule has 0 N–H and O–H groups in total. The van der Waals surface area contributed by atoms with Crippen LogP contribution < -0.4 is 0 Å². The van der Waals surface area contributed by atoms with Crippen LogP contribution in [0.25, 0.3) is 6.08 Å². The van der Waals surface area contributed by atoms with Crippen molar-refractivity contribution in [2.75, 3.05) is 0 Å². The molecule has 0 bridgehead atoms. The molecule has 18 heavy (non-hydrogen) atoms. The number of rotatable bonds is 4. The van der Waals surface area contributed by atoms with Gasteiger partial charge in [-0.15, -0.1) is 0 Å². The van der Waals surface area contributed by atoms with Gasteiger partial charge in [-0.05, 0) is 30.6 Å². The maximum atomic E-state index is 6.28. The molecule has 1 atom stereocenters. The number of benzene rings is 1. The third-order valence-corrected chi connectivity index (χ3v) is 3.56. The normalized spacial score (nSPS) is 15.0. The van der Waals surface area contributed by atoms with E-state index in [1.807, 2.05) is 6.07 Å². The third kappa shape index (κ3) is 5.65. The van der Waals surface area contributed by atoms with E-state index in [9.17, 15) is 0 Å². The SMILES string of the molecule is CC(C)(C)C(/C=C\c1ccccc1)O[Si](C)(C)C. The lowest BCUT2D eigenvalue weighted by Crippen LogP contribution is -2.38. The summed E-state index contributed by atoms with van der Waals surface area (Å²) in [4.78, 5) is 0. The van der Waals surface area contributed by atoms with Crippen LogP contribution in [0.1, 0.15) is 26.3 Å². The van der Waals surface area contributed by atoms with Gasteiger partial charge in [-0.25, -0.2) is 0 Å². The molecule has 1 aromatic carbocycles. The summed E-state index contributed by atoms with van der Waals surface area (Å²) in [6, 6.07) is 10.4. The first-order chi connectivity index (χ1) is 8.18. The quantitative estimate of drug-likeness (QED) is 0.696. The maximum Gasteiger partial charge on any atom is 0.184 e. The van der Waals surface area contributed by atoms with Gasteiger partial charge in [0.15, 0.2) is 8.32 Å². The summed E-state index contributed by atoms with van der Waals surface area (Å²) < 4.78 is 6.28. The summed E-state index contributed by atoms with van der Waals surface area (Å²) in [7, 11) is -1.52. The van der Waals surface area contributed by atoms with Gasteiger partial charge in [-0.2, -0.15) is 0 Å². The molecule has 0 fully saturated rings. The summed E-state index contributed by atoms with van der Waals surface area (Å²) in [5.41, 5.74) is 1.36. The topological polar surface area (TPSA) is 9.23 Å². The fraction of sp³-hybridized carbons (Fsp3) is 0.500. The van der Waals surface area contributed by atoms with E-state index >= 15 is 0 Å². The monoisotopic (exact) mass is 262 g/mol. The Kier molecular flexibility index (Phi) is 4.94. The van der Waals surface area contributed by atoms with Crippen LogP contribution in [0, 0.1) is 5.41 Å². The van der Waals surface area contributed by atoms with Crippen molar-refractivity contribution >= 4 is 14.4 Å². The van der Waals surface area contributed by atoms with Crippen molar-refractivity contribution < 1.29 is 4.43 Å². The van der Waals surface area contributed by atoms with Crippen LogP contribution in [0.5, 0.6) is 0 Å². The predicted molar refractivity (Wildman–Crippen MR) is 83.2 cm³/mol. The summed E-state index contributed by atoms with van der Waals surface area (Å²) in [6.45, 7) is 13.4. The highest BCUT2D eigenvalue weighted by Gasteiger charge is 2.28. The van der Waals surface area contributed by atoms with Gasteiger partial charge in [0, 0.05) is 0 Å². The second-order valence-corrected chi connectivity index (χ2v) is 11.2. The Bertz CT molecular complexity index is 382. The van der Waals surface area contributed by atoms with Crippen molar-refractivity contribution in [1.29, 1.82) is 0 Å². The van der Waals surface area contributed by atoms with Crippen molar-refractivity contribution in [3.63, 3.8) is 0 Å². The zero-order chi connectivity index (χ0) is 13.8. The van der Waals surface area contributed by atoms with Crippen LogP contribution in [-0.2, 0) is 4.43 Å². The van der Waals surface area contributed by atoms with E-state index in [-0.39, 0.29) is 11.5 Å². The molecule has 1 aromatic rings. The average molecular weight is 262 g/mol. The average Bonchev–Trinajstić information content (AvgIpc) is 2.22. The van der Waals surface area contributed by atoms with E-state index in [1.54, 1.807) is 0 Å². The molecule has 0 spiro atoms. The number of hydrogen-bond donors (Lipinski definition) is 0. The minimum Gasteiger partial charge on any atom is -0.411 e. The fourth-order valence-electron chi connectivity index (χ4n) is 1.65. The van der Waals surface area contributed by atoms with Crippen molar-refractivity contribution in [2.45, 2.75) is 46.5 Å². The summed E-state index contributed by atoms with van der Waals surface area (Å²) in [5, 5.41) is 0. The Morgan fingerprint density at radius 2 is 1.61 bits per heavy atom. The highest BCUT2D eigenvalue weighted by molar-refractivity contribution is 6.69. The van der Waals surface area contributed by atoms with Gasteiger partial charge < -0.3 is 4.43 Å². The molecule has 0 saturated heterocycles. The van der Waals surface area contributed by atoms with Crippen LogP contribution in [0.2, 0.25) is 19.6 Å². The van der Waals surface area contributed by atoms with Gasteiger partial charge in [0.2, 0.25) is 0 Å². The third-order valence-electron chi connectivity index (χ3n) is 2.60. The van der Waals surface area contributed by atoms with E-state index in [2.05, 4.69) is 76.8 Å². The molecule has 0 radical (unpaired) electrons. The second-order valence-electron chi connectivity index (χ2n) is 6.79. The van der Waals surface area contributed by atoms with Crippen molar-refractivity contribution in [3.8, 4) is 0 Å². The minimum absolute atomic E-state index is 0.131. The van der Waals surface area contributed by atoms with Gasteiger partial charge in [0.05, 0.1) is 6.10 Å². The minimum atomic E-state index is -1.52. The lowest BCUT2D eigenvalue weighted by Gasteiger charge is -2.33. The predicted octanol–water partition coefficient (Wildman–Crippen LogP) is 4.97. The van der Waals surface area contributed by atoms with Crippen molar-refractivity contribution in [1.82, 2.24) is 0 Å². The molecule has 0 amide bonds. The van der Waals surface area contributed by atoms with Gasteiger partial charge in [0.25, 0.3) is 0 Å². The van der Waals surface area contributed by atoms with Gasteiger partial charge in [-0.1, -0.05) is 63.3 Å². The van der Waals surface area contributed by atoms with E-state index in [1.165, 1.54) is 5.56 Å². The van der Waals surface area contributed by atoms with Gasteiger partial charge in [0.1, 0.15) is 0 Å². The first kappa shape index (κ1) is 15.2. The van der Waals surface area contributed by atoms with Crippen molar-refractivity contribution in [2.24, 2.45) is 5.41 Å². The largest absolute Gasteiger partial charge is 0.411 e. The first-order valence-corrected chi connectivity index (χ1v) is 10.0. The second kappa shape index (κ2) is 5.85. The first-order valence-electron chi connectivity index (χ1n) is 6.59. The lowest BCUT2D eigenvalue weighted by molar-refractivity contribution is 0.122. The lowest BCUT2D eigenvalue weighted by atomic mass is 9.89. The van der Waals surface area contributed by atoms with E-state index in [0.29, 0.717) is 0 Å². The molecule has 0 heterocycles. The zero-order valence-corrected chi connectivity index (χ0v) is 13.5. The van der Waals surface area contributed by atoms with Crippen LogP contribution in [0.4, 0.5) is 0 Å². The Morgan fingerprint density at radius 1 is 1.06 bits per heavy atom. The molecule has 0 aliphatic heterocycles. The Morgan fingerprint density at radius 3 is 2.06 bits per heavy atom. The molecular formula is C16H26OSi. The van der Waals surface area contributed by atoms with Gasteiger partial charge in [-0.3, -0.25) is 0 Å². The van der Waals surface area contributed by atoms with E-state index in [4.69, 9.17) is 4.43 Å². The standard InChI is InChI=1S/C16H26OSi/c1-16(2,3)15(17-18(4,5)6)13-12-14-10-8-7-9-11-14/h7-13,15H,1-6H3/b13-12-. The molecule has 1 rings (SSSR count).